The number of likely N-dealkylation sites (N-methyl/N-ethyl adjacent to an activating group) is 1. The molecule has 0 amide bonds. The lowest BCUT2D eigenvalue weighted by atomic mass is 10.0. The molecule has 0 heterocycles. The number of aliphatic hydroxyl groups is 1. The van der Waals surface area contributed by atoms with E-state index in [0.717, 1.165) is 17.8 Å². The van der Waals surface area contributed by atoms with Crippen LogP contribution in [-0.4, -0.2) is 23.8 Å². The average molecular weight is 236 g/mol. The molecule has 1 rings (SSSR count). The molecule has 17 heavy (non-hydrogen) atoms. The van der Waals surface area contributed by atoms with Gasteiger partial charge in [-0.3, -0.25) is 0 Å². The summed E-state index contributed by atoms with van der Waals surface area (Å²) in [5.41, 5.74) is 7.52. The predicted molar refractivity (Wildman–Crippen MR) is 73.2 cm³/mol. The zero-order valence-corrected chi connectivity index (χ0v) is 11.3. The van der Waals surface area contributed by atoms with Crippen LogP contribution in [0.3, 0.4) is 0 Å². The molecule has 3 N–H and O–H groups in total. The van der Waals surface area contributed by atoms with Gasteiger partial charge in [0.1, 0.15) is 0 Å². The van der Waals surface area contributed by atoms with E-state index < -0.39 is 5.60 Å². The summed E-state index contributed by atoms with van der Waals surface area (Å²) in [5.74, 6) is 0. The van der Waals surface area contributed by atoms with Crippen molar-refractivity contribution in [1.82, 2.24) is 0 Å². The Balaban J connectivity index is 3.03. The van der Waals surface area contributed by atoms with E-state index in [1.165, 1.54) is 0 Å². The fraction of sp³-hybridized carbons (Fsp3) is 0.571. The van der Waals surface area contributed by atoms with Crippen LogP contribution in [0.1, 0.15) is 39.3 Å². The molecule has 1 aromatic rings. The molecule has 0 aromatic heterocycles. The van der Waals surface area contributed by atoms with Crippen LogP contribution >= 0.6 is 0 Å². The van der Waals surface area contributed by atoms with Gasteiger partial charge in [-0.05, 0) is 39.3 Å². The van der Waals surface area contributed by atoms with Gasteiger partial charge in [0.05, 0.1) is 5.60 Å². The number of rotatable bonds is 5. The Labute approximate surface area is 104 Å². The van der Waals surface area contributed by atoms with E-state index in [9.17, 15) is 5.11 Å². The topological polar surface area (TPSA) is 49.5 Å². The average Bonchev–Trinajstić information content (AvgIpc) is 2.24. The summed E-state index contributed by atoms with van der Waals surface area (Å²) in [6, 6.07) is 8.12. The number of benzene rings is 1. The van der Waals surface area contributed by atoms with Gasteiger partial charge in [-0.25, -0.2) is 0 Å². The van der Waals surface area contributed by atoms with Gasteiger partial charge in [-0.1, -0.05) is 18.2 Å². The molecule has 0 saturated carbocycles. The molecular formula is C14H24N2O. The fourth-order valence-electron chi connectivity index (χ4n) is 1.99. The molecule has 1 unspecified atom stereocenters. The molecule has 0 aliphatic carbocycles. The van der Waals surface area contributed by atoms with E-state index in [1.54, 1.807) is 0 Å². The molecule has 96 valence electrons. The van der Waals surface area contributed by atoms with Crippen LogP contribution in [0.15, 0.2) is 24.3 Å². The maximum atomic E-state index is 9.94. The predicted octanol–water partition coefficient (Wildman–Crippen LogP) is 2.30. The highest BCUT2D eigenvalue weighted by Gasteiger charge is 2.19. The highest BCUT2D eigenvalue weighted by atomic mass is 16.3. The summed E-state index contributed by atoms with van der Waals surface area (Å²) in [5, 5.41) is 9.94. The Morgan fingerprint density at radius 3 is 2.41 bits per heavy atom. The van der Waals surface area contributed by atoms with Crippen molar-refractivity contribution < 1.29 is 5.11 Å². The molecule has 0 radical (unpaired) electrons. The Hall–Kier alpha value is -1.06. The second kappa shape index (κ2) is 5.52. The zero-order chi connectivity index (χ0) is 13.1. The summed E-state index contributed by atoms with van der Waals surface area (Å²) < 4.78 is 0. The Morgan fingerprint density at radius 2 is 1.94 bits per heavy atom. The molecule has 0 fully saturated rings. The van der Waals surface area contributed by atoms with E-state index in [-0.39, 0.29) is 6.04 Å². The van der Waals surface area contributed by atoms with Crippen LogP contribution in [0.2, 0.25) is 0 Å². The molecule has 0 saturated heterocycles. The fourth-order valence-corrected chi connectivity index (χ4v) is 1.99. The monoisotopic (exact) mass is 236 g/mol. The molecule has 0 spiro atoms. The zero-order valence-electron chi connectivity index (χ0n) is 11.3. The third-order valence-electron chi connectivity index (χ3n) is 2.73. The van der Waals surface area contributed by atoms with Gasteiger partial charge in [0.2, 0.25) is 0 Å². The maximum Gasteiger partial charge on any atom is 0.0765 e. The summed E-state index contributed by atoms with van der Waals surface area (Å²) in [4.78, 5) is 2.17. The maximum absolute atomic E-state index is 9.94. The van der Waals surface area contributed by atoms with Crippen molar-refractivity contribution in [2.45, 2.75) is 39.3 Å². The van der Waals surface area contributed by atoms with Gasteiger partial charge >= 0.3 is 0 Å². The van der Waals surface area contributed by atoms with Crippen molar-refractivity contribution in [3.8, 4) is 0 Å². The normalized spacial score (nSPS) is 13.5. The number of nitrogens with two attached hydrogens (primary N) is 1. The van der Waals surface area contributed by atoms with Crippen LogP contribution in [0.5, 0.6) is 0 Å². The number of hydrogen-bond acceptors (Lipinski definition) is 3. The molecule has 0 aliphatic heterocycles. The van der Waals surface area contributed by atoms with E-state index in [1.807, 2.05) is 39.0 Å². The van der Waals surface area contributed by atoms with Gasteiger partial charge in [0, 0.05) is 24.8 Å². The molecular weight excluding hydrogens is 212 g/mol. The van der Waals surface area contributed by atoms with E-state index in [2.05, 4.69) is 17.9 Å². The van der Waals surface area contributed by atoms with Crippen LogP contribution in [0.4, 0.5) is 5.69 Å². The number of hydrogen-bond donors (Lipinski definition) is 2. The summed E-state index contributed by atoms with van der Waals surface area (Å²) in [7, 11) is 0. The van der Waals surface area contributed by atoms with E-state index in [4.69, 9.17) is 5.73 Å². The minimum absolute atomic E-state index is 0.00190. The van der Waals surface area contributed by atoms with Crippen LogP contribution in [-0.2, 0) is 0 Å². The van der Waals surface area contributed by atoms with Crippen molar-refractivity contribution in [1.29, 1.82) is 0 Å². The Kier molecular flexibility index (Phi) is 4.54. The van der Waals surface area contributed by atoms with Gasteiger partial charge in [-0.2, -0.15) is 0 Å². The minimum Gasteiger partial charge on any atom is -0.389 e. The standard InChI is InChI=1S/C14H24N2O/c1-5-16(10-14(3,4)17)13-9-7-6-8-12(13)11(2)15/h6-9,11,17H,5,10,15H2,1-4H3. The SMILES string of the molecule is CCN(CC(C)(C)O)c1ccccc1C(C)N. The number of anilines is 1. The largest absolute Gasteiger partial charge is 0.389 e. The summed E-state index contributed by atoms with van der Waals surface area (Å²) >= 11 is 0. The van der Waals surface area contributed by atoms with Crippen molar-refractivity contribution in [2.24, 2.45) is 5.73 Å². The van der Waals surface area contributed by atoms with Crippen LogP contribution in [0.25, 0.3) is 0 Å². The first-order valence-electron chi connectivity index (χ1n) is 6.17. The molecule has 3 heteroatoms. The van der Waals surface area contributed by atoms with Crippen molar-refractivity contribution >= 4 is 5.69 Å². The highest BCUT2D eigenvalue weighted by molar-refractivity contribution is 5.55. The number of para-hydroxylation sites is 1. The van der Waals surface area contributed by atoms with Gasteiger partial charge < -0.3 is 15.7 Å². The molecule has 1 atom stereocenters. The second-order valence-corrected chi connectivity index (χ2v) is 5.17. The second-order valence-electron chi connectivity index (χ2n) is 5.17. The lowest BCUT2D eigenvalue weighted by Crippen LogP contribution is -2.39. The van der Waals surface area contributed by atoms with E-state index in [0.29, 0.717) is 6.54 Å². The minimum atomic E-state index is -0.707. The summed E-state index contributed by atoms with van der Waals surface area (Å²) in [6.07, 6.45) is 0. The lowest BCUT2D eigenvalue weighted by Gasteiger charge is -2.32. The first-order chi connectivity index (χ1) is 7.85. The summed E-state index contributed by atoms with van der Waals surface area (Å²) in [6.45, 7) is 9.18. The Morgan fingerprint density at radius 1 is 1.35 bits per heavy atom. The first kappa shape index (κ1) is 14.0. The lowest BCUT2D eigenvalue weighted by molar-refractivity contribution is 0.0875. The molecule has 3 nitrogen and oxygen atoms in total. The molecule has 1 aromatic carbocycles. The van der Waals surface area contributed by atoms with Crippen molar-refractivity contribution in [2.75, 3.05) is 18.0 Å². The first-order valence-corrected chi connectivity index (χ1v) is 6.17. The number of nitrogens with zero attached hydrogens (tertiary/aromatic N) is 1. The Bertz CT molecular complexity index is 355. The third kappa shape index (κ3) is 4.02. The van der Waals surface area contributed by atoms with E-state index >= 15 is 0 Å². The highest BCUT2D eigenvalue weighted by Crippen LogP contribution is 2.26. The molecule has 0 aliphatic rings. The third-order valence-corrected chi connectivity index (χ3v) is 2.73. The van der Waals surface area contributed by atoms with Gasteiger partial charge in [0.25, 0.3) is 0 Å². The van der Waals surface area contributed by atoms with Crippen LogP contribution in [0, 0.1) is 0 Å². The smallest absolute Gasteiger partial charge is 0.0765 e. The quantitative estimate of drug-likeness (QED) is 0.824. The van der Waals surface area contributed by atoms with Crippen molar-refractivity contribution in [3.63, 3.8) is 0 Å². The van der Waals surface area contributed by atoms with Crippen LogP contribution < -0.4 is 10.6 Å². The molecule has 0 bridgehead atoms. The van der Waals surface area contributed by atoms with Gasteiger partial charge in [0.15, 0.2) is 0 Å². The van der Waals surface area contributed by atoms with Crippen molar-refractivity contribution in [3.05, 3.63) is 29.8 Å². The van der Waals surface area contributed by atoms with Gasteiger partial charge in [-0.15, -0.1) is 0 Å².